The van der Waals surface area contributed by atoms with E-state index in [-0.39, 0.29) is 0 Å². The molecular formula is C16H42N2O6P2. The molecule has 0 rings (SSSR count). The van der Waals surface area contributed by atoms with Crippen LogP contribution in [0.5, 0.6) is 0 Å². The van der Waals surface area contributed by atoms with Crippen LogP contribution in [-0.2, 0) is 27.2 Å². The van der Waals surface area contributed by atoms with Crippen LogP contribution >= 0.6 is 16.5 Å². The lowest BCUT2D eigenvalue weighted by Gasteiger charge is -2.05. The molecule has 0 aromatic heterocycles. The van der Waals surface area contributed by atoms with E-state index in [0.29, 0.717) is 26.4 Å². The molecule has 0 saturated heterocycles. The smallest absolute Gasteiger partial charge is 0.312 e. The molecule has 2 atom stereocenters. The van der Waals surface area contributed by atoms with Gasteiger partial charge in [-0.25, -0.2) is 0 Å². The van der Waals surface area contributed by atoms with Gasteiger partial charge < -0.3 is 27.9 Å². The lowest BCUT2D eigenvalue weighted by Crippen LogP contribution is -1.99. The van der Waals surface area contributed by atoms with Crippen LogP contribution in [-0.4, -0.2) is 78.5 Å². The second kappa shape index (κ2) is 25.2. The van der Waals surface area contributed by atoms with Gasteiger partial charge in [0.05, 0.1) is 26.4 Å². The van der Waals surface area contributed by atoms with Crippen LogP contribution in [0.25, 0.3) is 0 Å². The molecule has 26 heavy (non-hydrogen) atoms. The Balaban J connectivity index is -0.000000551. The first-order chi connectivity index (χ1) is 12.2. The average Bonchev–Trinajstić information content (AvgIpc) is 2.49. The van der Waals surface area contributed by atoms with Crippen LogP contribution in [0, 0.1) is 0 Å². The monoisotopic (exact) mass is 420 g/mol. The maximum absolute atomic E-state index is 11.0. The van der Waals surface area contributed by atoms with Gasteiger partial charge in [0, 0.05) is 0 Å². The highest BCUT2D eigenvalue weighted by Gasteiger charge is 1.99. The summed E-state index contributed by atoms with van der Waals surface area (Å²) in [6.07, 6.45) is 3.59. The van der Waals surface area contributed by atoms with E-state index >= 15 is 0 Å². The minimum Gasteiger partial charge on any atom is -0.312 e. The third-order valence-electron chi connectivity index (χ3n) is 2.00. The molecule has 0 aliphatic rings. The predicted octanol–water partition coefficient (Wildman–Crippen LogP) is 3.79. The van der Waals surface area contributed by atoms with Gasteiger partial charge in [0.15, 0.2) is 0 Å². The first-order valence-electron chi connectivity index (χ1n) is 8.98. The van der Waals surface area contributed by atoms with Gasteiger partial charge in [-0.1, -0.05) is 12.8 Å². The number of rotatable bonds is 13. The summed E-state index contributed by atoms with van der Waals surface area (Å²) < 4.78 is 41.5. The Morgan fingerprint density at radius 2 is 0.846 bits per heavy atom. The molecule has 8 nitrogen and oxygen atoms in total. The molecule has 0 fully saturated rings. The van der Waals surface area contributed by atoms with Crippen molar-refractivity contribution in [2.24, 2.45) is 0 Å². The minimum absolute atomic E-state index is 0.411. The Morgan fingerprint density at radius 3 is 1.08 bits per heavy atom. The fraction of sp³-hybridized carbons (Fsp3) is 1.00. The zero-order valence-corrected chi connectivity index (χ0v) is 20.0. The fourth-order valence-electron chi connectivity index (χ4n) is 1.19. The van der Waals surface area contributed by atoms with Crippen LogP contribution in [0.1, 0.15) is 39.5 Å². The lowest BCUT2D eigenvalue weighted by atomic mass is 10.2. The average molecular weight is 420 g/mol. The van der Waals surface area contributed by atoms with Crippen molar-refractivity contribution in [1.82, 2.24) is 9.80 Å². The van der Waals surface area contributed by atoms with E-state index in [1.54, 1.807) is 13.8 Å². The van der Waals surface area contributed by atoms with Crippen LogP contribution in [0.3, 0.4) is 0 Å². The summed E-state index contributed by atoms with van der Waals surface area (Å²) in [7, 11) is 7.43. The minimum atomic E-state index is -2.28. The van der Waals surface area contributed by atoms with Gasteiger partial charge >= 0.3 is 16.5 Å². The number of hydrogen-bond acceptors (Lipinski definition) is 8. The largest absolute Gasteiger partial charge is 0.319 e. The molecule has 0 aromatic carbocycles. The first kappa shape index (κ1) is 30.9. The predicted molar refractivity (Wildman–Crippen MR) is 111 cm³/mol. The third kappa shape index (κ3) is 44.0. The summed E-state index contributed by atoms with van der Waals surface area (Å²) in [6.45, 7) is 5.28. The zero-order chi connectivity index (χ0) is 20.8. The van der Waals surface area contributed by atoms with E-state index in [2.05, 4.69) is 0 Å². The molecule has 0 saturated carbocycles. The summed E-state index contributed by atoms with van der Waals surface area (Å²) in [5.41, 5.74) is 0. The Kier molecular flexibility index (Phi) is 30.0. The summed E-state index contributed by atoms with van der Waals surface area (Å²) in [6, 6.07) is 0. The molecule has 0 spiro atoms. The number of nitrogens with zero attached hydrogens (tertiary/aromatic N) is 2. The highest BCUT2D eigenvalue weighted by Crippen LogP contribution is 2.24. The Morgan fingerprint density at radius 1 is 0.577 bits per heavy atom. The lowest BCUT2D eigenvalue weighted by molar-refractivity contribution is 0.221. The summed E-state index contributed by atoms with van der Waals surface area (Å²) in [5.74, 6) is 0. The van der Waals surface area contributed by atoms with E-state index in [9.17, 15) is 9.13 Å². The van der Waals surface area contributed by atoms with Gasteiger partial charge in [-0.3, -0.25) is 9.13 Å². The fourth-order valence-corrected chi connectivity index (χ4v) is 2.45. The second-order valence-corrected chi connectivity index (χ2v) is 8.32. The third-order valence-corrected chi connectivity index (χ3v) is 3.93. The van der Waals surface area contributed by atoms with E-state index in [4.69, 9.17) is 18.1 Å². The normalized spacial score (nSPS) is 12.8. The maximum atomic E-state index is 11.0. The SMILES string of the molecule is CCO[PH](=O)OCCCCCCO[PH](=O)OCC.CN(C)C.CN(C)C. The molecular weight excluding hydrogens is 378 g/mol. The molecule has 0 aliphatic heterocycles. The molecule has 0 heterocycles. The van der Waals surface area contributed by atoms with E-state index in [0.717, 1.165) is 25.7 Å². The summed E-state index contributed by atoms with van der Waals surface area (Å²) >= 11 is 0. The van der Waals surface area contributed by atoms with Crippen LogP contribution < -0.4 is 0 Å². The van der Waals surface area contributed by atoms with Crippen LogP contribution in [0.15, 0.2) is 0 Å². The van der Waals surface area contributed by atoms with Gasteiger partial charge in [-0.15, -0.1) is 0 Å². The molecule has 0 aromatic rings. The van der Waals surface area contributed by atoms with Crippen molar-refractivity contribution in [3.8, 4) is 0 Å². The molecule has 0 radical (unpaired) electrons. The molecule has 0 amide bonds. The molecule has 0 N–H and O–H groups in total. The molecule has 0 bridgehead atoms. The highest BCUT2D eigenvalue weighted by atomic mass is 31.1. The van der Waals surface area contributed by atoms with Gasteiger partial charge in [-0.2, -0.15) is 0 Å². The maximum Gasteiger partial charge on any atom is 0.319 e. The van der Waals surface area contributed by atoms with E-state index in [1.807, 2.05) is 52.1 Å². The molecule has 10 heteroatoms. The van der Waals surface area contributed by atoms with Crippen molar-refractivity contribution < 1.29 is 27.2 Å². The van der Waals surface area contributed by atoms with Gasteiger partial charge in [0.25, 0.3) is 0 Å². The standard InChI is InChI=1S/C10H24O6P2.2C3H9N/c1-3-13-17(11)15-9-7-5-6-8-10-16-18(12)14-4-2;2*1-4(2)3/h17-18H,3-10H2,1-2H3;2*1-3H3. The Labute approximate surface area is 162 Å². The molecule has 2 unspecified atom stereocenters. The summed E-state index contributed by atoms with van der Waals surface area (Å²) in [5, 5.41) is 0. The molecule has 162 valence electrons. The van der Waals surface area contributed by atoms with E-state index < -0.39 is 16.5 Å². The number of hydrogen-bond donors (Lipinski definition) is 0. The van der Waals surface area contributed by atoms with Gasteiger partial charge in [0.2, 0.25) is 0 Å². The van der Waals surface area contributed by atoms with Crippen LogP contribution in [0.2, 0.25) is 0 Å². The molecule has 0 aliphatic carbocycles. The van der Waals surface area contributed by atoms with Crippen molar-refractivity contribution in [2.75, 3.05) is 68.7 Å². The topological polar surface area (TPSA) is 77.5 Å². The second-order valence-electron chi connectivity index (χ2n) is 6.16. The summed E-state index contributed by atoms with van der Waals surface area (Å²) in [4.78, 5) is 4.00. The van der Waals surface area contributed by atoms with Crippen molar-refractivity contribution in [3.63, 3.8) is 0 Å². The first-order valence-corrected chi connectivity index (χ1v) is 11.4. The van der Waals surface area contributed by atoms with Crippen molar-refractivity contribution in [3.05, 3.63) is 0 Å². The van der Waals surface area contributed by atoms with Crippen molar-refractivity contribution >= 4 is 16.5 Å². The van der Waals surface area contributed by atoms with Gasteiger partial charge in [-0.05, 0) is 69.0 Å². The van der Waals surface area contributed by atoms with Crippen molar-refractivity contribution in [2.45, 2.75) is 39.5 Å². The highest BCUT2D eigenvalue weighted by molar-refractivity contribution is 7.33. The van der Waals surface area contributed by atoms with Gasteiger partial charge in [0.1, 0.15) is 0 Å². The Bertz CT molecular complexity index is 286. The quantitative estimate of drug-likeness (QED) is 0.329. The van der Waals surface area contributed by atoms with E-state index in [1.165, 1.54) is 0 Å². The van der Waals surface area contributed by atoms with Crippen LogP contribution in [0.4, 0.5) is 0 Å². The zero-order valence-electron chi connectivity index (χ0n) is 18.0. The Hall–Kier alpha value is 0.220. The van der Waals surface area contributed by atoms with Crippen molar-refractivity contribution in [1.29, 1.82) is 0 Å². The number of unbranched alkanes of at least 4 members (excludes halogenated alkanes) is 3.